The predicted molar refractivity (Wildman–Crippen MR) is 85.7 cm³/mol. The molecule has 0 aliphatic carbocycles. The van der Waals surface area contributed by atoms with E-state index in [1.807, 2.05) is 13.8 Å². The number of rotatable bonds is 4. The molecular formula is C14H25N7O2. The van der Waals surface area contributed by atoms with Crippen LogP contribution in [0.3, 0.4) is 0 Å². The third-order valence-electron chi connectivity index (χ3n) is 4.15. The molecule has 1 aromatic rings. The molecule has 3 N–H and O–H groups in total. The Morgan fingerprint density at radius 1 is 1.39 bits per heavy atom. The minimum absolute atomic E-state index is 0.305. The number of carbonyl (C=O) groups is 1. The summed E-state index contributed by atoms with van der Waals surface area (Å²) in [5, 5.41) is 6.97. The molecule has 0 bridgehead atoms. The van der Waals surface area contributed by atoms with Gasteiger partial charge in [0.1, 0.15) is 0 Å². The van der Waals surface area contributed by atoms with Crippen molar-refractivity contribution in [1.29, 1.82) is 0 Å². The van der Waals surface area contributed by atoms with Crippen LogP contribution in [0.1, 0.15) is 25.6 Å². The van der Waals surface area contributed by atoms with E-state index >= 15 is 0 Å². The first-order valence-electron chi connectivity index (χ1n) is 7.64. The molecule has 128 valence electrons. The van der Waals surface area contributed by atoms with Crippen LogP contribution in [0, 0.1) is 6.92 Å². The molecule has 1 saturated heterocycles. The molecule has 23 heavy (non-hydrogen) atoms. The Morgan fingerprint density at radius 3 is 2.52 bits per heavy atom. The van der Waals surface area contributed by atoms with Crippen LogP contribution in [0.25, 0.3) is 0 Å². The van der Waals surface area contributed by atoms with Crippen molar-refractivity contribution in [3.05, 3.63) is 11.7 Å². The van der Waals surface area contributed by atoms with E-state index in [2.05, 4.69) is 30.2 Å². The van der Waals surface area contributed by atoms with E-state index in [-0.39, 0.29) is 5.91 Å². The molecule has 1 fully saturated rings. The van der Waals surface area contributed by atoms with Crippen LogP contribution in [0.2, 0.25) is 0 Å². The molecule has 1 aliphatic heterocycles. The van der Waals surface area contributed by atoms with E-state index in [4.69, 9.17) is 10.3 Å². The van der Waals surface area contributed by atoms with Gasteiger partial charge in [0.2, 0.25) is 11.8 Å². The summed E-state index contributed by atoms with van der Waals surface area (Å²) in [5.41, 5.74) is 4.85. The van der Waals surface area contributed by atoms with Crippen LogP contribution in [0.15, 0.2) is 9.52 Å². The van der Waals surface area contributed by atoms with Crippen molar-refractivity contribution < 1.29 is 9.32 Å². The molecule has 0 saturated carbocycles. The number of nitrogens with zero attached hydrogens (tertiary/aromatic N) is 5. The summed E-state index contributed by atoms with van der Waals surface area (Å²) < 4.78 is 5.08. The highest BCUT2D eigenvalue weighted by Gasteiger charge is 2.35. The number of carbonyl (C=O) groups excluding carboxylic acids is 1. The van der Waals surface area contributed by atoms with Crippen molar-refractivity contribution in [2.24, 2.45) is 10.7 Å². The standard InChI is InChI=1S/C14H25N7O2/c1-10-18-11(23-19-10)9-17-13(16-4)20-5-7-21(8-6-20)14(2,3)12(15)22/h5-9H2,1-4H3,(H2,15,22)(H,16,17). The fourth-order valence-corrected chi connectivity index (χ4v) is 2.53. The summed E-state index contributed by atoms with van der Waals surface area (Å²) in [6.45, 7) is 8.94. The van der Waals surface area contributed by atoms with Crippen LogP contribution in [-0.2, 0) is 11.3 Å². The van der Waals surface area contributed by atoms with Gasteiger partial charge in [0, 0.05) is 33.2 Å². The lowest BCUT2D eigenvalue weighted by Crippen LogP contribution is -2.61. The van der Waals surface area contributed by atoms with Crippen molar-refractivity contribution in [3.8, 4) is 0 Å². The fourth-order valence-electron chi connectivity index (χ4n) is 2.53. The third-order valence-corrected chi connectivity index (χ3v) is 4.15. The molecule has 0 unspecified atom stereocenters. The highest BCUT2D eigenvalue weighted by molar-refractivity contribution is 5.84. The lowest BCUT2D eigenvalue weighted by Gasteiger charge is -2.43. The molecule has 0 aromatic carbocycles. The number of primary amides is 1. The maximum Gasteiger partial charge on any atom is 0.246 e. The number of hydrogen-bond acceptors (Lipinski definition) is 6. The first-order chi connectivity index (χ1) is 10.8. The van der Waals surface area contributed by atoms with Gasteiger partial charge >= 0.3 is 0 Å². The normalized spacial score (nSPS) is 17.4. The fraction of sp³-hybridized carbons (Fsp3) is 0.714. The highest BCUT2D eigenvalue weighted by Crippen LogP contribution is 2.16. The molecule has 9 nitrogen and oxygen atoms in total. The lowest BCUT2D eigenvalue weighted by molar-refractivity contribution is -0.129. The van der Waals surface area contributed by atoms with Crippen molar-refractivity contribution in [2.45, 2.75) is 32.9 Å². The average Bonchev–Trinajstić information content (AvgIpc) is 2.94. The second-order valence-electron chi connectivity index (χ2n) is 6.03. The van der Waals surface area contributed by atoms with Gasteiger partial charge in [-0.25, -0.2) is 0 Å². The number of aryl methyl sites for hydroxylation is 1. The van der Waals surface area contributed by atoms with Gasteiger partial charge < -0.3 is 20.5 Å². The van der Waals surface area contributed by atoms with Gasteiger partial charge in [-0.05, 0) is 20.8 Å². The van der Waals surface area contributed by atoms with Gasteiger partial charge in [0.25, 0.3) is 0 Å². The summed E-state index contributed by atoms with van der Waals surface area (Å²) in [4.78, 5) is 24.2. The van der Waals surface area contributed by atoms with E-state index in [0.29, 0.717) is 18.3 Å². The number of aliphatic imine (C=N–C) groups is 1. The Hall–Kier alpha value is -2.16. The Morgan fingerprint density at radius 2 is 2.04 bits per heavy atom. The number of aromatic nitrogens is 2. The number of amides is 1. The second kappa shape index (κ2) is 6.95. The number of nitrogens with one attached hydrogen (secondary N) is 1. The Labute approximate surface area is 135 Å². The molecule has 2 heterocycles. The smallest absolute Gasteiger partial charge is 0.246 e. The van der Waals surface area contributed by atoms with Crippen molar-refractivity contribution in [1.82, 2.24) is 25.3 Å². The van der Waals surface area contributed by atoms with E-state index in [0.717, 1.165) is 32.1 Å². The van der Waals surface area contributed by atoms with E-state index in [9.17, 15) is 4.79 Å². The summed E-state index contributed by atoms with van der Waals surface area (Å²) in [6, 6.07) is 0. The summed E-state index contributed by atoms with van der Waals surface area (Å²) >= 11 is 0. The summed E-state index contributed by atoms with van der Waals surface area (Å²) in [5.74, 6) is 1.61. The van der Waals surface area contributed by atoms with Crippen molar-refractivity contribution >= 4 is 11.9 Å². The molecule has 1 aromatic heterocycles. The number of nitrogens with two attached hydrogens (primary N) is 1. The van der Waals surface area contributed by atoms with Gasteiger partial charge in [-0.15, -0.1) is 0 Å². The summed E-state index contributed by atoms with van der Waals surface area (Å²) in [7, 11) is 1.74. The minimum atomic E-state index is -0.635. The molecule has 0 radical (unpaired) electrons. The highest BCUT2D eigenvalue weighted by atomic mass is 16.5. The van der Waals surface area contributed by atoms with Crippen LogP contribution < -0.4 is 11.1 Å². The molecular weight excluding hydrogens is 298 g/mol. The zero-order chi connectivity index (χ0) is 17.0. The maximum absolute atomic E-state index is 11.6. The Balaban J connectivity index is 1.88. The Bertz CT molecular complexity index is 573. The van der Waals surface area contributed by atoms with Crippen LogP contribution in [0.5, 0.6) is 0 Å². The van der Waals surface area contributed by atoms with E-state index in [1.165, 1.54) is 0 Å². The van der Waals surface area contributed by atoms with Crippen molar-refractivity contribution in [3.63, 3.8) is 0 Å². The molecule has 0 spiro atoms. The number of piperazine rings is 1. The van der Waals surface area contributed by atoms with Crippen molar-refractivity contribution in [2.75, 3.05) is 33.2 Å². The first-order valence-corrected chi connectivity index (χ1v) is 7.64. The quantitative estimate of drug-likeness (QED) is 0.558. The van der Waals surface area contributed by atoms with Crippen LogP contribution in [-0.4, -0.2) is 70.6 Å². The molecule has 9 heteroatoms. The minimum Gasteiger partial charge on any atom is -0.368 e. The summed E-state index contributed by atoms with van der Waals surface area (Å²) in [6.07, 6.45) is 0. The number of hydrogen-bond donors (Lipinski definition) is 2. The van der Waals surface area contributed by atoms with Gasteiger partial charge in [-0.2, -0.15) is 4.98 Å². The molecule has 1 amide bonds. The SMILES string of the molecule is CN=C(NCc1nc(C)no1)N1CCN(C(C)(C)C(N)=O)CC1. The third kappa shape index (κ3) is 3.98. The Kier molecular flexibility index (Phi) is 5.19. The first kappa shape index (κ1) is 17.2. The van der Waals surface area contributed by atoms with Crippen LogP contribution in [0.4, 0.5) is 0 Å². The van der Waals surface area contributed by atoms with Gasteiger partial charge in [-0.3, -0.25) is 14.7 Å². The zero-order valence-corrected chi connectivity index (χ0v) is 14.2. The van der Waals surface area contributed by atoms with E-state index in [1.54, 1.807) is 14.0 Å². The lowest BCUT2D eigenvalue weighted by atomic mass is 10.0. The van der Waals surface area contributed by atoms with Gasteiger partial charge in [-0.1, -0.05) is 5.16 Å². The number of guanidine groups is 1. The average molecular weight is 323 g/mol. The second-order valence-corrected chi connectivity index (χ2v) is 6.03. The molecule has 0 atom stereocenters. The maximum atomic E-state index is 11.6. The van der Waals surface area contributed by atoms with Gasteiger partial charge in [0.05, 0.1) is 12.1 Å². The molecule has 2 rings (SSSR count). The monoisotopic (exact) mass is 323 g/mol. The van der Waals surface area contributed by atoms with Gasteiger partial charge in [0.15, 0.2) is 11.8 Å². The topological polar surface area (TPSA) is 113 Å². The predicted octanol–water partition coefficient (Wildman–Crippen LogP) is -0.665. The van der Waals surface area contributed by atoms with Crippen LogP contribution >= 0.6 is 0 Å². The molecule has 1 aliphatic rings. The zero-order valence-electron chi connectivity index (χ0n) is 14.2. The van der Waals surface area contributed by atoms with E-state index < -0.39 is 5.54 Å². The largest absolute Gasteiger partial charge is 0.368 e.